The summed E-state index contributed by atoms with van der Waals surface area (Å²) in [5.74, 6) is -1.44. The average molecular weight is 313 g/mol. The van der Waals surface area contributed by atoms with Gasteiger partial charge in [-0.3, -0.25) is 9.69 Å². The van der Waals surface area contributed by atoms with Crippen LogP contribution < -0.4 is 0 Å². The van der Waals surface area contributed by atoms with Crippen molar-refractivity contribution >= 4 is 5.97 Å². The zero-order valence-electron chi connectivity index (χ0n) is 12.7. The lowest BCUT2D eigenvalue weighted by Crippen LogP contribution is -2.40. The predicted molar refractivity (Wildman–Crippen MR) is 77.2 cm³/mol. The first kappa shape index (κ1) is 16.8. The Morgan fingerprint density at radius 1 is 1.36 bits per heavy atom. The highest BCUT2D eigenvalue weighted by Crippen LogP contribution is 2.20. The summed E-state index contributed by atoms with van der Waals surface area (Å²) in [5, 5.41) is 0. The van der Waals surface area contributed by atoms with E-state index in [9.17, 15) is 13.6 Å². The minimum absolute atomic E-state index is 0.225. The summed E-state index contributed by atoms with van der Waals surface area (Å²) < 4.78 is 36.9. The molecule has 1 aromatic carbocycles. The first-order chi connectivity index (χ1) is 10.6. The van der Waals surface area contributed by atoms with Crippen molar-refractivity contribution in [3.8, 4) is 0 Å². The normalized spacial score (nSPS) is 16.0. The van der Waals surface area contributed by atoms with Crippen LogP contribution >= 0.6 is 0 Å². The topological polar surface area (TPSA) is 38.8 Å². The molecule has 0 N–H and O–H groups in total. The quantitative estimate of drug-likeness (QED) is 0.757. The van der Waals surface area contributed by atoms with E-state index in [-0.39, 0.29) is 18.4 Å². The molecule has 0 saturated carbocycles. The van der Waals surface area contributed by atoms with Gasteiger partial charge in [-0.1, -0.05) is 6.07 Å². The molecular formula is C16H21F2NO3. The van der Waals surface area contributed by atoms with Crippen LogP contribution in [0, 0.1) is 11.6 Å². The number of hydrogen-bond acceptors (Lipinski definition) is 4. The van der Waals surface area contributed by atoms with E-state index in [1.54, 1.807) is 0 Å². The van der Waals surface area contributed by atoms with Gasteiger partial charge in [0.2, 0.25) is 0 Å². The number of carbonyl (C=O) groups is 1. The summed E-state index contributed by atoms with van der Waals surface area (Å²) in [6, 6.07) is 3.82. The van der Waals surface area contributed by atoms with Gasteiger partial charge in [0.15, 0.2) is 0 Å². The molecule has 0 aromatic heterocycles. The van der Waals surface area contributed by atoms with Crippen molar-refractivity contribution in [1.82, 2.24) is 4.90 Å². The van der Waals surface area contributed by atoms with E-state index in [0.29, 0.717) is 31.9 Å². The number of benzene rings is 1. The minimum Gasteiger partial charge on any atom is -0.469 e. The molecular weight excluding hydrogens is 292 g/mol. The van der Waals surface area contributed by atoms with E-state index < -0.39 is 11.6 Å². The Kier molecular flexibility index (Phi) is 6.27. The molecule has 0 aliphatic carbocycles. The van der Waals surface area contributed by atoms with E-state index in [1.807, 2.05) is 0 Å². The summed E-state index contributed by atoms with van der Waals surface area (Å²) in [7, 11) is 1.35. The molecule has 0 unspecified atom stereocenters. The third-order valence-electron chi connectivity index (χ3n) is 3.93. The first-order valence-electron chi connectivity index (χ1n) is 7.42. The van der Waals surface area contributed by atoms with Crippen molar-refractivity contribution in [2.45, 2.75) is 31.8 Å². The summed E-state index contributed by atoms with van der Waals surface area (Å²) >= 11 is 0. The summed E-state index contributed by atoms with van der Waals surface area (Å²) in [5.41, 5.74) is 0.428. The maximum atomic E-state index is 13.9. The smallest absolute Gasteiger partial charge is 0.306 e. The highest BCUT2D eigenvalue weighted by Gasteiger charge is 2.23. The Labute approximate surface area is 129 Å². The second-order valence-corrected chi connectivity index (χ2v) is 5.38. The van der Waals surface area contributed by atoms with Gasteiger partial charge in [0.25, 0.3) is 0 Å². The Hall–Kier alpha value is -1.53. The van der Waals surface area contributed by atoms with Gasteiger partial charge in [-0.25, -0.2) is 8.78 Å². The predicted octanol–water partition coefficient (Wildman–Crippen LogP) is 2.51. The Bertz CT molecular complexity index is 504. The van der Waals surface area contributed by atoms with Crippen molar-refractivity contribution in [2.24, 2.45) is 0 Å². The SMILES string of the molecule is COC(=O)CCN(Cc1ccc(F)cc1F)C1CCOCC1. The van der Waals surface area contributed by atoms with Gasteiger partial charge < -0.3 is 9.47 Å². The van der Waals surface area contributed by atoms with Gasteiger partial charge >= 0.3 is 5.97 Å². The number of ether oxygens (including phenoxy) is 2. The number of carbonyl (C=O) groups excluding carboxylic acids is 1. The van der Waals surface area contributed by atoms with Crippen molar-refractivity contribution in [2.75, 3.05) is 26.9 Å². The van der Waals surface area contributed by atoms with Crippen LogP contribution in [0.3, 0.4) is 0 Å². The molecule has 1 fully saturated rings. The fourth-order valence-electron chi connectivity index (χ4n) is 2.65. The summed E-state index contributed by atoms with van der Waals surface area (Å²) in [6.07, 6.45) is 1.92. The molecule has 2 rings (SSSR count). The van der Waals surface area contributed by atoms with E-state index >= 15 is 0 Å². The molecule has 1 aliphatic rings. The van der Waals surface area contributed by atoms with Crippen molar-refractivity contribution in [3.63, 3.8) is 0 Å². The summed E-state index contributed by atoms with van der Waals surface area (Å²) in [6.45, 7) is 2.14. The molecule has 0 spiro atoms. The fraction of sp³-hybridized carbons (Fsp3) is 0.562. The minimum atomic E-state index is -0.589. The third-order valence-corrected chi connectivity index (χ3v) is 3.93. The Morgan fingerprint density at radius 2 is 2.09 bits per heavy atom. The summed E-state index contributed by atoms with van der Waals surface area (Å²) in [4.78, 5) is 13.4. The van der Waals surface area contributed by atoms with Crippen LogP contribution in [0.5, 0.6) is 0 Å². The molecule has 1 aliphatic heterocycles. The maximum Gasteiger partial charge on any atom is 0.306 e. The highest BCUT2D eigenvalue weighted by atomic mass is 19.1. The number of nitrogens with zero attached hydrogens (tertiary/aromatic N) is 1. The third kappa shape index (κ3) is 4.74. The molecule has 0 amide bonds. The second kappa shape index (κ2) is 8.19. The van der Waals surface area contributed by atoms with Crippen LogP contribution in [0.1, 0.15) is 24.8 Å². The van der Waals surface area contributed by atoms with Gasteiger partial charge in [-0.05, 0) is 18.9 Å². The first-order valence-corrected chi connectivity index (χ1v) is 7.42. The van der Waals surface area contributed by atoms with Crippen LogP contribution in [-0.4, -0.2) is 43.8 Å². The molecule has 1 saturated heterocycles. The van der Waals surface area contributed by atoms with E-state index in [2.05, 4.69) is 9.64 Å². The molecule has 0 atom stereocenters. The van der Waals surface area contributed by atoms with Crippen LogP contribution in [0.4, 0.5) is 8.78 Å². The van der Waals surface area contributed by atoms with Gasteiger partial charge in [-0.2, -0.15) is 0 Å². The van der Waals surface area contributed by atoms with Crippen LogP contribution in [0.25, 0.3) is 0 Å². The molecule has 0 bridgehead atoms. The lowest BCUT2D eigenvalue weighted by atomic mass is 10.1. The number of hydrogen-bond donors (Lipinski definition) is 0. The molecule has 122 valence electrons. The number of methoxy groups -OCH3 is 1. The molecule has 1 heterocycles. The van der Waals surface area contributed by atoms with Crippen molar-refractivity contribution < 1.29 is 23.0 Å². The van der Waals surface area contributed by atoms with Gasteiger partial charge in [0, 0.05) is 44.0 Å². The molecule has 1 aromatic rings. The van der Waals surface area contributed by atoms with Crippen molar-refractivity contribution in [1.29, 1.82) is 0 Å². The molecule has 0 radical (unpaired) electrons. The van der Waals surface area contributed by atoms with Crippen LogP contribution in [-0.2, 0) is 20.8 Å². The standard InChI is InChI=1S/C16H21F2NO3/c1-21-16(20)4-7-19(14-5-8-22-9-6-14)11-12-2-3-13(17)10-15(12)18/h2-3,10,14H,4-9,11H2,1H3. The van der Waals surface area contributed by atoms with Crippen LogP contribution in [0.15, 0.2) is 18.2 Å². The number of halogens is 2. The molecule has 6 heteroatoms. The fourth-order valence-corrected chi connectivity index (χ4v) is 2.65. The number of rotatable bonds is 6. The van der Waals surface area contributed by atoms with E-state index in [1.165, 1.54) is 19.2 Å². The van der Waals surface area contributed by atoms with Gasteiger partial charge in [0.05, 0.1) is 13.5 Å². The largest absolute Gasteiger partial charge is 0.469 e. The van der Waals surface area contributed by atoms with Crippen molar-refractivity contribution in [3.05, 3.63) is 35.4 Å². The zero-order chi connectivity index (χ0) is 15.9. The maximum absolute atomic E-state index is 13.9. The lowest BCUT2D eigenvalue weighted by Gasteiger charge is -2.34. The lowest BCUT2D eigenvalue weighted by molar-refractivity contribution is -0.141. The van der Waals surface area contributed by atoms with Gasteiger partial charge in [-0.15, -0.1) is 0 Å². The molecule has 22 heavy (non-hydrogen) atoms. The number of esters is 1. The Morgan fingerprint density at radius 3 is 2.73 bits per heavy atom. The van der Waals surface area contributed by atoms with Gasteiger partial charge in [0.1, 0.15) is 11.6 Å². The Balaban J connectivity index is 2.06. The van der Waals surface area contributed by atoms with E-state index in [4.69, 9.17) is 4.74 Å². The molecule has 4 nitrogen and oxygen atoms in total. The van der Waals surface area contributed by atoms with E-state index in [0.717, 1.165) is 18.9 Å². The zero-order valence-corrected chi connectivity index (χ0v) is 12.7. The van der Waals surface area contributed by atoms with Crippen LogP contribution in [0.2, 0.25) is 0 Å². The highest BCUT2D eigenvalue weighted by molar-refractivity contribution is 5.69. The average Bonchev–Trinajstić information content (AvgIpc) is 2.53. The monoisotopic (exact) mass is 313 g/mol. The second-order valence-electron chi connectivity index (χ2n) is 5.38.